The number of alkyl halides is 3. The first kappa shape index (κ1) is 27.4. The SMILES string of the molecule is CN1CC(=O)N(Cc2ncc(NC(=O)c3cc(-c4ccn(C)n4)c(C(F)(F)F)cc3F)c(-c3ccccc3)n2)C1=O. The molecule has 14 heteroatoms. The van der Waals surface area contributed by atoms with Crippen LogP contribution >= 0.6 is 0 Å². The maximum atomic E-state index is 15.0. The Labute approximate surface area is 230 Å². The number of nitrogens with one attached hydrogen (secondary N) is 1. The molecule has 0 unspecified atom stereocenters. The first-order valence-electron chi connectivity index (χ1n) is 12.1. The number of nitrogens with zero attached hydrogens (tertiary/aromatic N) is 6. The summed E-state index contributed by atoms with van der Waals surface area (Å²) in [6.07, 6.45) is -2.26. The summed E-state index contributed by atoms with van der Waals surface area (Å²) >= 11 is 0. The van der Waals surface area contributed by atoms with Gasteiger partial charge in [0.05, 0.1) is 40.9 Å². The Balaban J connectivity index is 1.52. The number of anilines is 1. The molecule has 210 valence electrons. The zero-order valence-electron chi connectivity index (χ0n) is 21.6. The fourth-order valence-electron chi connectivity index (χ4n) is 4.31. The van der Waals surface area contributed by atoms with Crippen LogP contribution < -0.4 is 5.32 Å². The average molecular weight is 568 g/mol. The van der Waals surface area contributed by atoms with Crippen molar-refractivity contribution in [3.8, 4) is 22.5 Å². The van der Waals surface area contributed by atoms with Gasteiger partial charge < -0.3 is 10.2 Å². The Hall–Kier alpha value is -5.14. The molecule has 0 radical (unpaired) electrons. The molecule has 1 N–H and O–H groups in total. The van der Waals surface area contributed by atoms with Crippen molar-refractivity contribution in [3.05, 3.63) is 83.7 Å². The molecule has 1 aliphatic rings. The minimum Gasteiger partial charge on any atom is -0.319 e. The fourth-order valence-corrected chi connectivity index (χ4v) is 4.31. The summed E-state index contributed by atoms with van der Waals surface area (Å²) < 4.78 is 57.4. The van der Waals surface area contributed by atoms with Gasteiger partial charge in [0.25, 0.3) is 11.8 Å². The molecule has 2 aromatic heterocycles. The van der Waals surface area contributed by atoms with E-state index in [2.05, 4.69) is 20.4 Å². The molecule has 0 bridgehead atoms. The van der Waals surface area contributed by atoms with Gasteiger partial charge in [0, 0.05) is 31.4 Å². The lowest BCUT2D eigenvalue weighted by Crippen LogP contribution is -2.31. The van der Waals surface area contributed by atoms with Crippen LogP contribution in [0.5, 0.6) is 0 Å². The van der Waals surface area contributed by atoms with Crippen molar-refractivity contribution in [1.29, 1.82) is 0 Å². The van der Waals surface area contributed by atoms with Crippen LogP contribution in [0.15, 0.2) is 60.9 Å². The summed E-state index contributed by atoms with van der Waals surface area (Å²) in [4.78, 5) is 48.6. The Morgan fingerprint density at radius 2 is 1.80 bits per heavy atom. The molecule has 10 nitrogen and oxygen atoms in total. The molecule has 1 saturated heterocycles. The van der Waals surface area contributed by atoms with Gasteiger partial charge in [-0.25, -0.2) is 19.2 Å². The maximum Gasteiger partial charge on any atom is 0.417 e. The van der Waals surface area contributed by atoms with Crippen molar-refractivity contribution in [2.24, 2.45) is 7.05 Å². The van der Waals surface area contributed by atoms with E-state index in [0.717, 1.165) is 11.0 Å². The number of aromatic nitrogens is 4. The van der Waals surface area contributed by atoms with Gasteiger partial charge in [-0.15, -0.1) is 0 Å². The van der Waals surface area contributed by atoms with Gasteiger partial charge in [-0.2, -0.15) is 18.3 Å². The molecule has 0 atom stereocenters. The van der Waals surface area contributed by atoms with Crippen molar-refractivity contribution in [2.45, 2.75) is 12.7 Å². The number of rotatable bonds is 6. The third kappa shape index (κ3) is 5.48. The first-order valence-corrected chi connectivity index (χ1v) is 12.1. The molecule has 41 heavy (non-hydrogen) atoms. The topological polar surface area (TPSA) is 113 Å². The number of carbonyl (C=O) groups excluding carboxylic acids is 3. The van der Waals surface area contributed by atoms with Gasteiger partial charge in [-0.1, -0.05) is 30.3 Å². The highest BCUT2D eigenvalue weighted by molar-refractivity contribution is 6.07. The number of hydrogen-bond acceptors (Lipinski definition) is 6. The van der Waals surface area contributed by atoms with Crippen molar-refractivity contribution in [3.63, 3.8) is 0 Å². The van der Waals surface area contributed by atoms with Gasteiger partial charge in [-0.3, -0.25) is 19.2 Å². The van der Waals surface area contributed by atoms with E-state index in [0.29, 0.717) is 5.56 Å². The largest absolute Gasteiger partial charge is 0.417 e. The van der Waals surface area contributed by atoms with E-state index in [1.165, 1.54) is 42.1 Å². The summed E-state index contributed by atoms with van der Waals surface area (Å²) in [6, 6.07) is 10.4. The van der Waals surface area contributed by atoms with Crippen molar-refractivity contribution >= 4 is 23.5 Å². The Bertz CT molecular complexity index is 1670. The van der Waals surface area contributed by atoms with Crippen LogP contribution in [-0.2, 0) is 24.6 Å². The number of imide groups is 1. The van der Waals surface area contributed by atoms with Gasteiger partial charge >= 0.3 is 12.2 Å². The Morgan fingerprint density at radius 1 is 1.07 bits per heavy atom. The number of halogens is 4. The van der Waals surface area contributed by atoms with Gasteiger partial charge in [0.2, 0.25) is 0 Å². The second-order valence-corrected chi connectivity index (χ2v) is 9.24. The third-order valence-electron chi connectivity index (χ3n) is 6.31. The summed E-state index contributed by atoms with van der Waals surface area (Å²) in [5.74, 6) is -2.77. The monoisotopic (exact) mass is 567 g/mol. The molecule has 2 aromatic carbocycles. The summed E-state index contributed by atoms with van der Waals surface area (Å²) in [5, 5.41) is 6.46. The van der Waals surface area contributed by atoms with Gasteiger partial charge in [0.1, 0.15) is 18.2 Å². The van der Waals surface area contributed by atoms with E-state index in [-0.39, 0.29) is 42.1 Å². The number of likely N-dealkylation sites (N-methyl/N-ethyl adjacent to an activating group) is 1. The highest BCUT2D eigenvalue weighted by Gasteiger charge is 2.37. The number of urea groups is 1. The quantitative estimate of drug-likeness (QED) is 0.274. The normalized spacial score (nSPS) is 13.7. The zero-order chi connectivity index (χ0) is 29.5. The van der Waals surface area contributed by atoms with Crippen LogP contribution in [0.1, 0.15) is 21.7 Å². The van der Waals surface area contributed by atoms with Gasteiger partial charge in [-0.05, 0) is 18.2 Å². The van der Waals surface area contributed by atoms with Crippen LogP contribution in [-0.4, -0.2) is 61.0 Å². The lowest BCUT2D eigenvalue weighted by molar-refractivity contribution is -0.137. The lowest BCUT2D eigenvalue weighted by atomic mass is 9.99. The van der Waals surface area contributed by atoms with E-state index >= 15 is 0 Å². The van der Waals surface area contributed by atoms with Crippen LogP contribution in [0.3, 0.4) is 0 Å². The molecular formula is C27H21F4N7O3. The Kier molecular flexibility index (Phi) is 6.99. The number of aryl methyl sites for hydroxylation is 1. The predicted octanol–water partition coefficient (Wildman–Crippen LogP) is 4.35. The van der Waals surface area contributed by atoms with Crippen molar-refractivity contribution in [1.82, 2.24) is 29.5 Å². The van der Waals surface area contributed by atoms with E-state index in [9.17, 15) is 31.9 Å². The third-order valence-corrected chi connectivity index (χ3v) is 6.31. The van der Waals surface area contributed by atoms with E-state index in [4.69, 9.17) is 0 Å². The molecule has 1 fully saturated rings. The van der Waals surface area contributed by atoms with Gasteiger partial charge in [0.15, 0.2) is 0 Å². The summed E-state index contributed by atoms with van der Waals surface area (Å²) in [6.45, 7) is -0.311. The lowest BCUT2D eigenvalue weighted by Gasteiger charge is -2.16. The number of amides is 4. The predicted molar refractivity (Wildman–Crippen MR) is 138 cm³/mol. The van der Waals surface area contributed by atoms with Crippen molar-refractivity contribution in [2.75, 3.05) is 18.9 Å². The molecule has 0 aliphatic carbocycles. The molecule has 3 heterocycles. The minimum absolute atomic E-state index is 0.0276. The molecular weight excluding hydrogens is 546 g/mol. The number of benzene rings is 2. The second kappa shape index (κ2) is 10.4. The highest BCUT2D eigenvalue weighted by atomic mass is 19.4. The number of hydrogen-bond donors (Lipinski definition) is 1. The summed E-state index contributed by atoms with van der Waals surface area (Å²) in [5.41, 5.74) is -1.76. The highest BCUT2D eigenvalue weighted by Crippen LogP contribution is 2.38. The average Bonchev–Trinajstić information content (AvgIpc) is 3.46. The summed E-state index contributed by atoms with van der Waals surface area (Å²) in [7, 11) is 2.99. The van der Waals surface area contributed by atoms with E-state index in [1.807, 2.05) is 0 Å². The smallest absolute Gasteiger partial charge is 0.319 e. The first-order chi connectivity index (χ1) is 19.4. The Morgan fingerprint density at radius 3 is 2.41 bits per heavy atom. The standard InChI is InChI=1S/C27H21F4N7O3/c1-36-14-23(39)38(26(36)41)13-22-32-12-21(24(34-22)15-6-4-3-5-7-15)33-25(40)17-10-16(20-8-9-37(2)35-20)18(11-19(17)28)27(29,30)31/h3-12H,13-14H2,1-2H3,(H,33,40). The molecule has 4 amide bonds. The molecule has 4 aromatic rings. The zero-order valence-corrected chi connectivity index (χ0v) is 21.6. The van der Waals surface area contributed by atoms with Crippen molar-refractivity contribution < 1.29 is 31.9 Å². The molecule has 0 saturated carbocycles. The molecule has 5 rings (SSSR count). The second-order valence-electron chi connectivity index (χ2n) is 9.24. The van der Waals surface area contributed by atoms with Crippen LogP contribution in [0, 0.1) is 5.82 Å². The number of carbonyl (C=O) groups is 3. The van der Waals surface area contributed by atoms with E-state index < -0.39 is 46.5 Å². The van der Waals surface area contributed by atoms with E-state index in [1.54, 1.807) is 30.3 Å². The fraction of sp³-hybridized carbons (Fsp3) is 0.185. The van der Waals surface area contributed by atoms with Crippen LogP contribution in [0.4, 0.5) is 28.0 Å². The van der Waals surface area contributed by atoms with Crippen LogP contribution in [0.2, 0.25) is 0 Å². The maximum absolute atomic E-state index is 15.0. The van der Waals surface area contributed by atoms with Crippen LogP contribution in [0.25, 0.3) is 22.5 Å². The molecule has 0 spiro atoms. The minimum atomic E-state index is -4.90. The molecule has 1 aliphatic heterocycles.